The first-order chi connectivity index (χ1) is 6.94. The van der Waals surface area contributed by atoms with Crippen molar-refractivity contribution >= 4 is 0 Å². The average molecular weight is 215 g/mol. The minimum atomic E-state index is -0.0396. The molecule has 15 heavy (non-hydrogen) atoms. The minimum absolute atomic E-state index is 0.0396. The number of hydrogen-bond acceptors (Lipinski definition) is 2. The summed E-state index contributed by atoms with van der Waals surface area (Å²) in [6.07, 6.45) is 3.82. The number of ether oxygens (including phenoxy) is 1. The van der Waals surface area contributed by atoms with E-state index in [9.17, 15) is 0 Å². The van der Waals surface area contributed by atoms with E-state index in [2.05, 4.69) is 46.9 Å². The van der Waals surface area contributed by atoms with Crippen LogP contribution in [-0.4, -0.2) is 24.3 Å². The first-order valence-electron chi connectivity index (χ1n) is 6.35. The van der Waals surface area contributed by atoms with Crippen LogP contribution < -0.4 is 5.32 Å². The predicted octanol–water partition coefficient (Wildman–Crippen LogP) is 3.36. The summed E-state index contributed by atoms with van der Waals surface area (Å²) < 4.78 is 6.09. The second kappa shape index (κ2) is 7.24. The predicted molar refractivity (Wildman–Crippen MR) is 67.3 cm³/mol. The highest BCUT2D eigenvalue weighted by Crippen LogP contribution is 2.18. The number of rotatable bonds is 7. The Balaban J connectivity index is 4.30. The van der Waals surface area contributed by atoms with Crippen LogP contribution in [0.5, 0.6) is 0 Å². The average Bonchev–Trinajstić information content (AvgIpc) is 2.12. The Hall–Kier alpha value is -0.0800. The Morgan fingerprint density at radius 3 is 2.07 bits per heavy atom. The lowest BCUT2D eigenvalue weighted by atomic mass is 10.0. The maximum atomic E-state index is 6.09. The molecule has 0 heterocycles. The highest BCUT2D eigenvalue weighted by atomic mass is 16.5. The van der Waals surface area contributed by atoms with E-state index < -0.39 is 0 Å². The summed E-state index contributed by atoms with van der Waals surface area (Å²) in [7, 11) is 0. The van der Waals surface area contributed by atoms with Gasteiger partial charge in [-0.1, -0.05) is 27.2 Å². The van der Waals surface area contributed by atoms with E-state index in [1.165, 1.54) is 12.8 Å². The van der Waals surface area contributed by atoms with Gasteiger partial charge in [0, 0.05) is 6.04 Å². The molecule has 2 atom stereocenters. The largest absolute Gasteiger partial charge is 0.371 e. The van der Waals surface area contributed by atoms with Crippen LogP contribution >= 0.6 is 0 Å². The van der Waals surface area contributed by atoms with Crippen molar-refractivity contribution in [1.29, 1.82) is 0 Å². The number of hydrogen-bond donors (Lipinski definition) is 1. The zero-order valence-electron chi connectivity index (χ0n) is 11.4. The smallest absolute Gasteiger partial charge is 0.0732 e. The van der Waals surface area contributed by atoms with Gasteiger partial charge in [-0.25, -0.2) is 0 Å². The molecule has 0 rings (SSSR count). The number of nitrogens with one attached hydrogen (secondary N) is 1. The van der Waals surface area contributed by atoms with Gasteiger partial charge >= 0.3 is 0 Å². The van der Waals surface area contributed by atoms with Crippen molar-refractivity contribution in [3.05, 3.63) is 0 Å². The zero-order chi connectivity index (χ0) is 11.9. The van der Waals surface area contributed by atoms with Crippen LogP contribution in [0.25, 0.3) is 0 Å². The summed E-state index contributed by atoms with van der Waals surface area (Å²) in [5.74, 6) is 0. The molecule has 2 nitrogen and oxygen atoms in total. The molecule has 0 fully saturated rings. The van der Waals surface area contributed by atoms with Crippen molar-refractivity contribution in [2.45, 2.75) is 78.6 Å². The quantitative estimate of drug-likeness (QED) is 0.703. The van der Waals surface area contributed by atoms with Crippen LogP contribution in [-0.2, 0) is 4.74 Å². The van der Waals surface area contributed by atoms with Gasteiger partial charge in [0.1, 0.15) is 0 Å². The Kier molecular flexibility index (Phi) is 7.20. The summed E-state index contributed by atoms with van der Waals surface area (Å²) in [4.78, 5) is 0. The molecule has 0 aromatic rings. The third-order valence-electron chi connectivity index (χ3n) is 2.42. The summed E-state index contributed by atoms with van der Waals surface area (Å²) in [6, 6.07) is 0.504. The molecule has 0 amide bonds. The standard InChI is InChI=1S/C13H29NO/c1-7-10-11(14-9-3)12(8-2)15-13(4,5)6/h11-12,14H,7-10H2,1-6H3. The van der Waals surface area contributed by atoms with Crippen LogP contribution in [0, 0.1) is 0 Å². The van der Waals surface area contributed by atoms with Gasteiger partial charge in [0.15, 0.2) is 0 Å². The maximum absolute atomic E-state index is 6.09. The lowest BCUT2D eigenvalue weighted by Gasteiger charge is -2.33. The Labute approximate surface area is 95.8 Å². The Bertz CT molecular complexity index is 145. The van der Waals surface area contributed by atoms with Crippen LogP contribution in [0.3, 0.4) is 0 Å². The van der Waals surface area contributed by atoms with Gasteiger partial charge in [-0.15, -0.1) is 0 Å². The van der Waals surface area contributed by atoms with Crippen LogP contribution in [0.2, 0.25) is 0 Å². The molecule has 0 saturated carbocycles. The Morgan fingerprint density at radius 1 is 1.13 bits per heavy atom. The second-order valence-electron chi connectivity index (χ2n) is 5.13. The molecule has 0 aliphatic heterocycles. The molecular formula is C13H29NO. The topological polar surface area (TPSA) is 21.3 Å². The fourth-order valence-electron chi connectivity index (χ4n) is 1.90. The summed E-state index contributed by atoms with van der Waals surface area (Å²) in [5.41, 5.74) is -0.0396. The van der Waals surface area contributed by atoms with Crippen LogP contribution in [0.15, 0.2) is 0 Å². The first kappa shape index (κ1) is 14.9. The van der Waals surface area contributed by atoms with Gasteiger partial charge < -0.3 is 10.1 Å². The molecule has 0 aromatic carbocycles. The van der Waals surface area contributed by atoms with Crippen molar-refractivity contribution in [3.8, 4) is 0 Å². The van der Waals surface area contributed by atoms with E-state index in [0.29, 0.717) is 12.1 Å². The van der Waals surface area contributed by atoms with Crippen molar-refractivity contribution in [2.24, 2.45) is 0 Å². The van der Waals surface area contributed by atoms with E-state index >= 15 is 0 Å². The molecular weight excluding hydrogens is 186 g/mol. The van der Waals surface area contributed by atoms with E-state index in [4.69, 9.17) is 4.74 Å². The molecule has 0 bridgehead atoms. The van der Waals surface area contributed by atoms with Crippen molar-refractivity contribution in [3.63, 3.8) is 0 Å². The van der Waals surface area contributed by atoms with Gasteiger partial charge in [-0.2, -0.15) is 0 Å². The summed E-state index contributed by atoms with van der Waals surface area (Å²) >= 11 is 0. The summed E-state index contributed by atoms with van der Waals surface area (Å²) in [6.45, 7) is 14.0. The second-order valence-corrected chi connectivity index (χ2v) is 5.13. The SMILES string of the molecule is CCCC(NCC)C(CC)OC(C)(C)C. The molecule has 0 aliphatic carbocycles. The monoisotopic (exact) mass is 215 g/mol. The van der Waals surface area contributed by atoms with Gasteiger partial charge in [-0.3, -0.25) is 0 Å². The fraction of sp³-hybridized carbons (Fsp3) is 1.00. The van der Waals surface area contributed by atoms with Crippen molar-refractivity contribution in [2.75, 3.05) is 6.54 Å². The van der Waals surface area contributed by atoms with Gasteiger partial charge in [-0.05, 0) is 40.2 Å². The normalized spacial score (nSPS) is 16.4. The molecule has 92 valence electrons. The maximum Gasteiger partial charge on any atom is 0.0732 e. The molecule has 0 saturated heterocycles. The number of likely N-dealkylation sites (N-methyl/N-ethyl adjacent to an activating group) is 1. The third-order valence-corrected chi connectivity index (χ3v) is 2.42. The van der Waals surface area contributed by atoms with Gasteiger partial charge in [0.05, 0.1) is 11.7 Å². The van der Waals surface area contributed by atoms with E-state index in [-0.39, 0.29) is 5.60 Å². The zero-order valence-corrected chi connectivity index (χ0v) is 11.4. The fourth-order valence-corrected chi connectivity index (χ4v) is 1.90. The van der Waals surface area contributed by atoms with Crippen molar-refractivity contribution < 1.29 is 4.74 Å². The van der Waals surface area contributed by atoms with Crippen LogP contribution in [0.1, 0.15) is 60.8 Å². The van der Waals surface area contributed by atoms with E-state index in [0.717, 1.165) is 13.0 Å². The summed E-state index contributed by atoms with van der Waals surface area (Å²) in [5, 5.41) is 3.53. The van der Waals surface area contributed by atoms with E-state index in [1.54, 1.807) is 0 Å². The van der Waals surface area contributed by atoms with Gasteiger partial charge in [0.25, 0.3) is 0 Å². The molecule has 2 heteroatoms. The lowest BCUT2D eigenvalue weighted by molar-refractivity contribution is -0.0772. The molecule has 1 N–H and O–H groups in total. The molecule has 0 spiro atoms. The van der Waals surface area contributed by atoms with Crippen molar-refractivity contribution in [1.82, 2.24) is 5.32 Å². The molecule has 0 aliphatic rings. The minimum Gasteiger partial charge on any atom is -0.371 e. The van der Waals surface area contributed by atoms with Crippen LogP contribution in [0.4, 0.5) is 0 Å². The molecule has 0 radical (unpaired) electrons. The van der Waals surface area contributed by atoms with E-state index in [1.807, 2.05) is 0 Å². The Morgan fingerprint density at radius 2 is 1.73 bits per heavy atom. The molecule has 2 unspecified atom stereocenters. The van der Waals surface area contributed by atoms with Gasteiger partial charge in [0.2, 0.25) is 0 Å². The highest BCUT2D eigenvalue weighted by molar-refractivity contribution is 4.78. The first-order valence-corrected chi connectivity index (χ1v) is 6.35. The third kappa shape index (κ3) is 6.91. The molecule has 0 aromatic heterocycles. The highest BCUT2D eigenvalue weighted by Gasteiger charge is 2.24. The lowest BCUT2D eigenvalue weighted by Crippen LogP contribution is -2.44.